The molecule has 6 rings (SSSR count). The number of hydrogen-bond acceptors (Lipinski definition) is 6. The number of aromatic nitrogens is 1. The summed E-state index contributed by atoms with van der Waals surface area (Å²) in [6.45, 7) is 4.19. The Kier molecular flexibility index (Phi) is 7.42. The summed E-state index contributed by atoms with van der Waals surface area (Å²) in [6.07, 6.45) is 0.741. The first kappa shape index (κ1) is 26.0. The molecule has 3 heterocycles. The zero-order valence-electron chi connectivity index (χ0n) is 22.3. The molecule has 8 heteroatoms. The van der Waals surface area contributed by atoms with Crippen LogP contribution in [0.5, 0.6) is 0 Å². The third kappa shape index (κ3) is 5.53. The number of carbonyl (C=O) groups excluding carboxylic acids is 2. The molecule has 1 fully saturated rings. The third-order valence-corrected chi connectivity index (χ3v) is 7.73. The van der Waals surface area contributed by atoms with Gasteiger partial charge in [0.2, 0.25) is 0 Å². The smallest absolute Gasteiger partial charge is 0.339 e. The number of pyridine rings is 1. The summed E-state index contributed by atoms with van der Waals surface area (Å²) >= 11 is 0. The van der Waals surface area contributed by atoms with Gasteiger partial charge in [-0.1, -0.05) is 48.5 Å². The number of halogens is 1. The van der Waals surface area contributed by atoms with Crippen molar-refractivity contribution in [3.8, 4) is 0 Å². The van der Waals surface area contributed by atoms with Gasteiger partial charge < -0.3 is 14.5 Å². The first-order chi connectivity index (χ1) is 19.5. The fourth-order valence-corrected chi connectivity index (χ4v) is 5.61. The molecule has 0 bridgehead atoms. The average molecular weight is 539 g/mol. The Morgan fingerprint density at radius 1 is 0.850 bits per heavy atom. The van der Waals surface area contributed by atoms with Gasteiger partial charge in [-0.2, -0.15) is 0 Å². The van der Waals surface area contributed by atoms with Crippen LogP contribution in [0.4, 0.5) is 10.1 Å². The van der Waals surface area contributed by atoms with Crippen LogP contribution in [0.25, 0.3) is 10.9 Å². The molecular formula is C32H31FN4O3. The van der Waals surface area contributed by atoms with Crippen LogP contribution in [-0.2, 0) is 29.0 Å². The number of anilines is 1. The molecule has 1 aromatic heterocycles. The predicted octanol–water partition coefficient (Wildman–Crippen LogP) is 4.44. The van der Waals surface area contributed by atoms with Crippen LogP contribution in [-0.4, -0.2) is 66.0 Å². The van der Waals surface area contributed by atoms with Crippen LogP contribution in [0.3, 0.4) is 0 Å². The van der Waals surface area contributed by atoms with Crippen molar-refractivity contribution in [2.24, 2.45) is 0 Å². The van der Waals surface area contributed by atoms with E-state index in [9.17, 15) is 14.0 Å². The van der Waals surface area contributed by atoms with Gasteiger partial charge in [0.25, 0.3) is 5.91 Å². The van der Waals surface area contributed by atoms with E-state index in [1.807, 2.05) is 42.5 Å². The number of amides is 1. The minimum atomic E-state index is -0.491. The molecule has 0 N–H and O–H groups in total. The van der Waals surface area contributed by atoms with Crippen molar-refractivity contribution in [3.05, 3.63) is 107 Å². The SMILES string of the molecule is O=C(OCC(=O)N1CCN(c2ccc(F)cc2)CC1)c1c2c(nc3ccccc13)CCN(Cc1ccccc1)C2. The van der Waals surface area contributed by atoms with Gasteiger partial charge in [0.15, 0.2) is 6.61 Å². The molecule has 40 heavy (non-hydrogen) atoms. The summed E-state index contributed by atoms with van der Waals surface area (Å²) < 4.78 is 18.9. The maximum Gasteiger partial charge on any atom is 0.339 e. The summed E-state index contributed by atoms with van der Waals surface area (Å²) in [5.74, 6) is -0.980. The number of nitrogens with zero attached hydrogens (tertiary/aromatic N) is 4. The lowest BCUT2D eigenvalue weighted by Crippen LogP contribution is -2.50. The normalized spacial score (nSPS) is 15.6. The lowest BCUT2D eigenvalue weighted by Gasteiger charge is -2.36. The highest BCUT2D eigenvalue weighted by Gasteiger charge is 2.28. The second-order valence-corrected chi connectivity index (χ2v) is 10.3. The summed E-state index contributed by atoms with van der Waals surface area (Å²) in [5, 5.41) is 0.744. The van der Waals surface area contributed by atoms with Crippen LogP contribution in [0.2, 0.25) is 0 Å². The molecule has 0 saturated carbocycles. The zero-order valence-corrected chi connectivity index (χ0v) is 22.3. The van der Waals surface area contributed by atoms with Crippen LogP contribution in [0.15, 0.2) is 78.9 Å². The number of esters is 1. The van der Waals surface area contributed by atoms with Crippen molar-refractivity contribution in [2.75, 3.05) is 44.2 Å². The molecule has 2 aliphatic rings. The van der Waals surface area contributed by atoms with Crippen molar-refractivity contribution in [2.45, 2.75) is 19.5 Å². The maximum absolute atomic E-state index is 13.6. The van der Waals surface area contributed by atoms with Gasteiger partial charge in [0, 0.05) is 74.6 Å². The predicted molar refractivity (Wildman–Crippen MR) is 151 cm³/mol. The minimum absolute atomic E-state index is 0.218. The largest absolute Gasteiger partial charge is 0.452 e. The molecule has 3 aromatic carbocycles. The number of carbonyl (C=O) groups is 2. The highest BCUT2D eigenvalue weighted by molar-refractivity contribution is 6.05. The average Bonchev–Trinajstić information content (AvgIpc) is 2.99. The maximum atomic E-state index is 13.6. The van der Waals surface area contributed by atoms with E-state index in [1.54, 1.807) is 17.0 Å². The summed E-state index contributed by atoms with van der Waals surface area (Å²) in [5.41, 5.74) is 5.20. The molecule has 2 aliphatic heterocycles. The molecule has 0 unspecified atom stereocenters. The van der Waals surface area contributed by atoms with E-state index in [2.05, 4.69) is 21.9 Å². The van der Waals surface area contributed by atoms with E-state index in [4.69, 9.17) is 9.72 Å². The number of rotatable bonds is 6. The quantitative estimate of drug-likeness (QED) is 0.338. The monoisotopic (exact) mass is 538 g/mol. The summed E-state index contributed by atoms with van der Waals surface area (Å²) in [7, 11) is 0. The van der Waals surface area contributed by atoms with E-state index < -0.39 is 5.97 Å². The second-order valence-electron chi connectivity index (χ2n) is 10.3. The lowest BCUT2D eigenvalue weighted by molar-refractivity contribution is -0.134. The standard InChI is InChI=1S/C32H31FN4O3/c33-24-10-12-25(13-11-24)36-16-18-37(19-17-36)30(38)22-40-32(39)31-26-8-4-5-9-28(26)34-29-14-15-35(21-27(29)31)20-23-6-2-1-3-7-23/h1-13H,14-22H2. The number of fused-ring (bicyclic) bond motifs is 2. The number of ether oxygens (including phenoxy) is 1. The highest BCUT2D eigenvalue weighted by Crippen LogP contribution is 2.29. The molecule has 0 spiro atoms. The highest BCUT2D eigenvalue weighted by atomic mass is 19.1. The van der Waals surface area contributed by atoms with Gasteiger partial charge in [0.1, 0.15) is 5.82 Å². The Morgan fingerprint density at radius 3 is 2.35 bits per heavy atom. The molecule has 1 amide bonds. The molecule has 204 valence electrons. The minimum Gasteiger partial charge on any atom is -0.452 e. The van der Waals surface area contributed by atoms with Crippen LogP contribution in [0, 0.1) is 5.82 Å². The topological polar surface area (TPSA) is 66.0 Å². The van der Waals surface area contributed by atoms with Gasteiger partial charge in [-0.15, -0.1) is 0 Å². The van der Waals surface area contributed by atoms with E-state index in [1.165, 1.54) is 17.7 Å². The van der Waals surface area contributed by atoms with Crippen molar-refractivity contribution in [3.63, 3.8) is 0 Å². The van der Waals surface area contributed by atoms with Gasteiger partial charge in [0.05, 0.1) is 11.1 Å². The molecule has 7 nitrogen and oxygen atoms in total. The molecule has 0 radical (unpaired) electrons. The van der Waals surface area contributed by atoms with Gasteiger partial charge in [-0.05, 0) is 35.9 Å². The number of hydrogen-bond donors (Lipinski definition) is 0. The zero-order chi connectivity index (χ0) is 27.5. The molecular weight excluding hydrogens is 507 g/mol. The van der Waals surface area contributed by atoms with Crippen molar-refractivity contribution < 1.29 is 18.7 Å². The number of piperazine rings is 1. The van der Waals surface area contributed by atoms with Gasteiger partial charge in [-0.3, -0.25) is 14.7 Å². The van der Waals surface area contributed by atoms with Crippen LogP contribution >= 0.6 is 0 Å². The number of para-hydroxylation sites is 1. The Morgan fingerprint density at radius 2 is 1.57 bits per heavy atom. The molecule has 4 aromatic rings. The molecule has 0 aliphatic carbocycles. The lowest BCUT2D eigenvalue weighted by atomic mass is 9.95. The van der Waals surface area contributed by atoms with E-state index >= 15 is 0 Å². The van der Waals surface area contributed by atoms with Crippen molar-refractivity contribution in [1.29, 1.82) is 0 Å². The van der Waals surface area contributed by atoms with Gasteiger partial charge in [-0.25, -0.2) is 9.18 Å². The van der Waals surface area contributed by atoms with E-state index in [-0.39, 0.29) is 18.3 Å². The Labute approximate surface area is 232 Å². The van der Waals surface area contributed by atoms with Crippen molar-refractivity contribution >= 4 is 28.5 Å². The Hall–Kier alpha value is -4.30. The Balaban J connectivity index is 1.14. The van der Waals surface area contributed by atoms with Gasteiger partial charge >= 0.3 is 5.97 Å². The third-order valence-electron chi connectivity index (χ3n) is 7.73. The fourth-order valence-electron chi connectivity index (χ4n) is 5.61. The van der Waals surface area contributed by atoms with E-state index in [0.717, 1.165) is 47.4 Å². The number of benzene rings is 3. The van der Waals surface area contributed by atoms with E-state index in [0.29, 0.717) is 38.3 Å². The first-order valence-corrected chi connectivity index (χ1v) is 13.7. The van der Waals surface area contributed by atoms with Crippen molar-refractivity contribution in [1.82, 2.24) is 14.8 Å². The summed E-state index contributed by atoms with van der Waals surface area (Å²) in [6, 6.07) is 24.3. The van der Waals surface area contributed by atoms with Crippen LogP contribution < -0.4 is 4.90 Å². The molecule has 1 saturated heterocycles. The van der Waals surface area contributed by atoms with Crippen LogP contribution in [0.1, 0.15) is 27.2 Å². The second kappa shape index (κ2) is 11.4. The molecule has 0 atom stereocenters. The summed E-state index contributed by atoms with van der Waals surface area (Å²) in [4.78, 5) is 37.6. The first-order valence-electron chi connectivity index (χ1n) is 13.7. The Bertz CT molecular complexity index is 1520. The fraction of sp³-hybridized carbons (Fsp3) is 0.281.